The lowest BCUT2D eigenvalue weighted by Gasteiger charge is -2.07. The van der Waals surface area contributed by atoms with Gasteiger partial charge in [0, 0.05) is 22.9 Å². The van der Waals surface area contributed by atoms with Gasteiger partial charge in [0.25, 0.3) is 0 Å². The Bertz CT molecular complexity index is 394. The third-order valence-corrected chi connectivity index (χ3v) is 3.98. The number of thiazole rings is 1. The van der Waals surface area contributed by atoms with E-state index in [-0.39, 0.29) is 0 Å². The first-order valence-corrected chi connectivity index (χ1v) is 6.13. The molecule has 0 spiro atoms. The first-order valence-electron chi connectivity index (χ1n) is 4.38. The molecule has 2 aromatic rings. The molecule has 2 nitrogen and oxygen atoms in total. The average molecular weight is 225 g/mol. The number of hydrogen-bond donors (Lipinski definition) is 1. The van der Waals surface area contributed by atoms with E-state index in [1.54, 1.807) is 28.9 Å². The topological polar surface area (TPSA) is 33.1 Å². The van der Waals surface area contributed by atoms with Gasteiger partial charge < -0.3 is 5.11 Å². The summed E-state index contributed by atoms with van der Waals surface area (Å²) in [6.45, 7) is 2.02. The number of hydrogen-bond acceptors (Lipinski definition) is 4. The highest BCUT2D eigenvalue weighted by Crippen LogP contribution is 2.26. The van der Waals surface area contributed by atoms with Gasteiger partial charge in [0.2, 0.25) is 0 Å². The fourth-order valence-corrected chi connectivity index (χ4v) is 2.91. The van der Waals surface area contributed by atoms with E-state index in [0.717, 1.165) is 9.88 Å². The summed E-state index contributed by atoms with van der Waals surface area (Å²) in [5.74, 6) is 0. The van der Waals surface area contributed by atoms with Crippen LogP contribution in [0.15, 0.2) is 23.0 Å². The first kappa shape index (κ1) is 9.83. The molecule has 0 amide bonds. The van der Waals surface area contributed by atoms with Gasteiger partial charge in [0.15, 0.2) is 0 Å². The van der Waals surface area contributed by atoms with E-state index in [9.17, 15) is 5.11 Å². The van der Waals surface area contributed by atoms with Crippen molar-refractivity contribution in [2.24, 2.45) is 0 Å². The maximum absolute atomic E-state index is 9.94. The van der Waals surface area contributed by atoms with Crippen LogP contribution in [0.2, 0.25) is 0 Å². The van der Waals surface area contributed by atoms with E-state index in [2.05, 4.69) is 4.98 Å². The van der Waals surface area contributed by atoms with Gasteiger partial charge in [0.1, 0.15) is 0 Å². The van der Waals surface area contributed by atoms with Gasteiger partial charge in [-0.2, -0.15) is 0 Å². The van der Waals surface area contributed by atoms with Gasteiger partial charge >= 0.3 is 0 Å². The van der Waals surface area contributed by atoms with Gasteiger partial charge in [-0.15, -0.1) is 22.7 Å². The number of thiophene rings is 1. The Hall–Kier alpha value is -0.710. The SMILES string of the molecule is Cc1ccsc1C(O)Cc1nccs1. The van der Waals surface area contributed by atoms with E-state index in [4.69, 9.17) is 0 Å². The summed E-state index contributed by atoms with van der Waals surface area (Å²) in [6, 6.07) is 2.03. The Morgan fingerprint density at radius 1 is 1.43 bits per heavy atom. The lowest BCUT2D eigenvalue weighted by atomic mass is 10.1. The molecule has 0 aliphatic carbocycles. The zero-order valence-electron chi connectivity index (χ0n) is 7.80. The number of rotatable bonds is 3. The molecule has 0 fully saturated rings. The van der Waals surface area contributed by atoms with Crippen LogP contribution in [-0.2, 0) is 6.42 Å². The van der Waals surface area contributed by atoms with Crippen molar-refractivity contribution in [2.45, 2.75) is 19.4 Å². The normalized spacial score (nSPS) is 13.0. The van der Waals surface area contributed by atoms with Crippen LogP contribution in [0.3, 0.4) is 0 Å². The molecular weight excluding hydrogens is 214 g/mol. The van der Waals surface area contributed by atoms with Crippen LogP contribution in [0.1, 0.15) is 21.6 Å². The summed E-state index contributed by atoms with van der Waals surface area (Å²) >= 11 is 3.19. The Labute approximate surface area is 90.9 Å². The fourth-order valence-electron chi connectivity index (χ4n) is 1.34. The van der Waals surface area contributed by atoms with Crippen LogP contribution in [0.4, 0.5) is 0 Å². The van der Waals surface area contributed by atoms with Gasteiger partial charge in [-0.05, 0) is 23.9 Å². The van der Waals surface area contributed by atoms with Crippen molar-refractivity contribution in [3.63, 3.8) is 0 Å². The average Bonchev–Trinajstić information content (AvgIpc) is 2.75. The summed E-state index contributed by atoms with van der Waals surface area (Å²) in [5.41, 5.74) is 1.17. The van der Waals surface area contributed by atoms with Crippen molar-refractivity contribution in [2.75, 3.05) is 0 Å². The fraction of sp³-hybridized carbons (Fsp3) is 0.300. The number of aromatic nitrogens is 1. The van der Waals surface area contributed by atoms with Crippen molar-refractivity contribution in [3.8, 4) is 0 Å². The number of aryl methyl sites for hydroxylation is 1. The maximum Gasteiger partial charge on any atom is 0.0954 e. The van der Waals surface area contributed by atoms with Crippen LogP contribution >= 0.6 is 22.7 Å². The second-order valence-corrected chi connectivity index (χ2v) is 5.04. The molecule has 1 N–H and O–H groups in total. The van der Waals surface area contributed by atoms with E-state index in [1.807, 2.05) is 23.8 Å². The van der Waals surface area contributed by atoms with Gasteiger partial charge in [-0.1, -0.05) is 0 Å². The summed E-state index contributed by atoms with van der Waals surface area (Å²) in [4.78, 5) is 5.21. The van der Waals surface area contributed by atoms with Crippen LogP contribution in [0.5, 0.6) is 0 Å². The Kier molecular flexibility index (Phi) is 2.96. The summed E-state index contributed by atoms with van der Waals surface area (Å²) in [6.07, 6.45) is 1.99. The molecule has 2 aromatic heterocycles. The van der Waals surface area contributed by atoms with Crippen molar-refractivity contribution >= 4 is 22.7 Å². The Morgan fingerprint density at radius 2 is 2.29 bits per heavy atom. The van der Waals surface area contributed by atoms with E-state index >= 15 is 0 Å². The van der Waals surface area contributed by atoms with Crippen molar-refractivity contribution < 1.29 is 5.11 Å². The molecule has 74 valence electrons. The quantitative estimate of drug-likeness (QED) is 0.871. The maximum atomic E-state index is 9.94. The zero-order chi connectivity index (χ0) is 9.97. The third-order valence-electron chi connectivity index (χ3n) is 2.06. The molecule has 0 radical (unpaired) electrons. The van der Waals surface area contributed by atoms with Crippen LogP contribution < -0.4 is 0 Å². The molecule has 1 atom stereocenters. The Balaban J connectivity index is 2.10. The second kappa shape index (κ2) is 4.21. The molecule has 0 saturated carbocycles. The minimum absolute atomic E-state index is 0.402. The zero-order valence-corrected chi connectivity index (χ0v) is 9.44. The number of aliphatic hydroxyl groups excluding tert-OH is 1. The lowest BCUT2D eigenvalue weighted by molar-refractivity contribution is 0.181. The van der Waals surface area contributed by atoms with Crippen molar-refractivity contribution in [3.05, 3.63) is 38.5 Å². The van der Waals surface area contributed by atoms with E-state index < -0.39 is 6.10 Å². The largest absolute Gasteiger partial charge is 0.387 e. The molecule has 2 heterocycles. The van der Waals surface area contributed by atoms with Gasteiger partial charge in [-0.3, -0.25) is 0 Å². The van der Waals surface area contributed by atoms with E-state index in [0.29, 0.717) is 6.42 Å². The monoisotopic (exact) mass is 225 g/mol. The van der Waals surface area contributed by atoms with Crippen molar-refractivity contribution in [1.29, 1.82) is 0 Å². The molecule has 4 heteroatoms. The van der Waals surface area contributed by atoms with Gasteiger partial charge in [-0.25, -0.2) is 4.98 Å². The lowest BCUT2D eigenvalue weighted by Crippen LogP contribution is -2.00. The van der Waals surface area contributed by atoms with E-state index in [1.165, 1.54) is 5.56 Å². The predicted molar refractivity (Wildman–Crippen MR) is 59.8 cm³/mol. The van der Waals surface area contributed by atoms with Crippen LogP contribution in [-0.4, -0.2) is 10.1 Å². The molecule has 0 aromatic carbocycles. The number of aliphatic hydroxyl groups is 1. The van der Waals surface area contributed by atoms with Crippen molar-refractivity contribution in [1.82, 2.24) is 4.98 Å². The number of nitrogens with zero attached hydrogens (tertiary/aromatic N) is 1. The predicted octanol–water partition coefficient (Wildman–Crippen LogP) is 2.79. The third kappa shape index (κ3) is 2.03. The molecule has 14 heavy (non-hydrogen) atoms. The molecule has 0 aliphatic rings. The Morgan fingerprint density at radius 3 is 2.86 bits per heavy atom. The highest BCUT2D eigenvalue weighted by molar-refractivity contribution is 7.10. The van der Waals surface area contributed by atoms with Crippen LogP contribution in [0.25, 0.3) is 0 Å². The molecule has 0 bridgehead atoms. The molecule has 0 saturated heterocycles. The minimum Gasteiger partial charge on any atom is -0.387 e. The molecule has 1 unspecified atom stereocenters. The summed E-state index contributed by atoms with van der Waals surface area (Å²) in [5, 5.41) is 14.9. The highest BCUT2D eigenvalue weighted by atomic mass is 32.1. The smallest absolute Gasteiger partial charge is 0.0954 e. The molecular formula is C10H11NOS2. The highest BCUT2D eigenvalue weighted by Gasteiger charge is 2.13. The standard InChI is InChI=1S/C10H11NOS2/c1-7-2-4-14-10(7)8(12)6-9-11-3-5-13-9/h2-5,8,12H,6H2,1H3. The molecule has 0 aliphatic heterocycles. The first-order chi connectivity index (χ1) is 6.77. The summed E-state index contributed by atoms with van der Waals surface area (Å²) < 4.78 is 0. The minimum atomic E-state index is -0.402. The van der Waals surface area contributed by atoms with Gasteiger partial charge in [0.05, 0.1) is 11.1 Å². The second-order valence-electron chi connectivity index (χ2n) is 3.11. The molecule has 2 rings (SSSR count). The summed E-state index contributed by atoms with van der Waals surface area (Å²) in [7, 11) is 0. The van der Waals surface area contributed by atoms with Crippen LogP contribution in [0, 0.1) is 6.92 Å².